The van der Waals surface area contributed by atoms with Crippen LogP contribution in [0.3, 0.4) is 0 Å². The monoisotopic (exact) mass is 347 g/mol. The highest BCUT2D eigenvalue weighted by Gasteiger charge is 2.29. The van der Waals surface area contributed by atoms with Gasteiger partial charge in [-0.15, -0.1) is 0 Å². The molecule has 0 spiro atoms. The fourth-order valence-electron chi connectivity index (χ4n) is 3.16. The molecule has 1 atom stereocenters. The lowest BCUT2D eigenvalue weighted by Crippen LogP contribution is -2.12. The van der Waals surface area contributed by atoms with Crippen LogP contribution >= 0.6 is 0 Å². The minimum Gasteiger partial charge on any atom is -0.229 e. The first-order chi connectivity index (χ1) is 11.3. The number of rotatable bonds is 5. The van der Waals surface area contributed by atoms with Crippen LogP contribution < -0.4 is 0 Å². The Hall–Kier alpha value is -1.69. The average molecular weight is 347 g/mol. The Morgan fingerprint density at radius 2 is 1.96 bits per heavy atom. The van der Waals surface area contributed by atoms with E-state index in [0.717, 1.165) is 30.2 Å². The summed E-state index contributed by atoms with van der Waals surface area (Å²) in [6.45, 7) is 6.35. The number of nitrogens with zero attached hydrogens (tertiary/aromatic N) is 3. The summed E-state index contributed by atoms with van der Waals surface area (Å²) in [5, 5.41) is 4.68. The van der Waals surface area contributed by atoms with Gasteiger partial charge in [-0.05, 0) is 37.3 Å². The molecule has 5 nitrogen and oxygen atoms in total. The minimum atomic E-state index is -2.87. The summed E-state index contributed by atoms with van der Waals surface area (Å²) in [7, 11) is -2.87. The van der Waals surface area contributed by atoms with Gasteiger partial charge in [-0.2, -0.15) is 5.10 Å². The number of aromatic nitrogens is 3. The first-order valence-electron chi connectivity index (χ1n) is 8.54. The normalized spacial score (nSPS) is 19.9. The summed E-state index contributed by atoms with van der Waals surface area (Å²) in [5.74, 6) is 2.91. The average Bonchev–Trinajstić information content (AvgIpc) is 3.02. The Kier molecular flexibility index (Phi) is 4.76. The molecule has 0 aliphatic carbocycles. The summed E-state index contributed by atoms with van der Waals surface area (Å²) in [5.41, 5.74) is 2.18. The first-order valence-corrected chi connectivity index (χ1v) is 10.4. The van der Waals surface area contributed by atoms with Crippen molar-refractivity contribution < 1.29 is 8.42 Å². The molecule has 0 bridgehead atoms. The maximum absolute atomic E-state index is 11.7. The quantitative estimate of drug-likeness (QED) is 0.834. The van der Waals surface area contributed by atoms with Gasteiger partial charge in [-0.3, -0.25) is 0 Å². The molecule has 1 fully saturated rings. The predicted molar refractivity (Wildman–Crippen MR) is 95.1 cm³/mol. The van der Waals surface area contributed by atoms with E-state index in [1.165, 1.54) is 5.56 Å². The maximum Gasteiger partial charge on any atom is 0.151 e. The second-order valence-electron chi connectivity index (χ2n) is 7.26. The SMILES string of the molecule is Cc1ccc(-n2nc(CC(C)C)nc2CC2CCS(=O)(=O)C2)cc1. The Morgan fingerprint density at radius 3 is 2.54 bits per heavy atom. The molecule has 1 saturated heterocycles. The highest BCUT2D eigenvalue weighted by molar-refractivity contribution is 7.91. The molecular formula is C18H25N3O2S. The first kappa shape index (κ1) is 17.1. The topological polar surface area (TPSA) is 64.8 Å². The van der Waals surface area contributed by atoms with Crippen molar-refractivity contribution in [2.24, 2.45) is 11.8 Å². The molecule has 130 valence electrons. The van der Waals surface area contributed by atoms with E-state index in [-0.39, 0.29) is 11.7 Å². The van der Waals surface area contributed by atoms with Crippen LogP contribution in [0.15, 0.2) is 24.3 Å². The van der Waals surface area contributed by atoms with Crippen LogP contribution in [0.25, 0.3) is 5.69 Å². The third-order valence-electron chi connectivity index (χ3n) is 4.39. The maximum atomic E-state index is 11.7. The molecule has 24 heavy (non-hydrogen) atoms. The van der Waals surface area contributed by atoms with Gasteiger partial charge in [0.05, 0.1) is 17.2 Å². The van der Waals surface area contributed by atoms with Crippen molar-refractivity contribution in [3.8, 4) is 5.69 Å². The molecule has 1 aliphatic rings. The third kappa shape index (κ3) is 4.04. The molecule has 0 N–H and O–H groups in total. The minimum absolute atomic E-state index is 0.148. The van der Waals surface area contributed by atoms with Gasteiger partial charge in [0, 0.05) is 12.8 Å². The third-order valence-corrected chi connectivity index (χ3v) is 6.22. The van der Waals surface area contributed by atoms with E-state index < -0.39 is 9.84 Å². The van der Waals surface area contributed by atoms with Gasteiger partial charge in [0.2, 0.25) is 0 Å². The van der Waals surface area contributed by atoms with Crippen LogP contribution in [0, 0.1) is 18.8 Å². The number of aryl methyl sites for hydroxylation is 1. The van der Waals surface area contributed by atoms with Crippen LogP contribution in [0.5, 0.6) is 0 Å². The highest BCUT2D eigenvalue weighted by Crippen LogP contribution is 2.23. The summed E-state index contributed by atoms with van der Waals surface area (Å²) in [6.07, 6.45) is 2.22. The Bertz CT molecular complexity index is 807. The lowest BCUT2D eigenvalue weighted by Gasteiger charge is -2.09. The van der Waals surface area contributed by atoms with E-state index in [2.05, 4.69) is 38.0 Å². The number of benzene rings is 1. The van der Waals surface area contributed by atoms with Crippen LogP contribution in [-0.2, 0) is 22.7 Å². The molecule has 3 rings (SSSR count). The smallest absolute Gasteiger partial charge is 0.151 e. The van der Waals surface area contributed by atoms with Crippen LogP contribution in [-0.4, -0.2) is 34.7 Å². The second kappa shape index (κ2) is 6.67. The van der Waals surface area contributed by atoms with Gasteiger partial charge < -0.3 is 0 Å². The van der Waals surface area contributed by atoms with Gasteiger partial charge in [-0.1, -0.05) is 31.5 Å². The van der Waals surface area contributed by atoms with Crippen molar-refractivity contribution in [3.63, 3.8) is 0 Å². The van der Waals surface area contributed by atoms with Gasteiger partial charge in [0.1, 0.15) is 5.82 Å². The highest BCUT2D eigenvalue weighted by atomic mass is 32.2. The van der Waals surface area contributed by atoms with E-state index >= 15 is 0 Å². The zero-order chi connectivity index (χ0) is 17.3. The largest absolute Gasteiger partial charge is 0.229 e. The van der Waals surface area contributed by atoms with E-state index in [4.69, 9.17) is 4.98 Å². The molecule has 2 heterocycles. The Balaban J connectivity index is 1.90. The van der Waals surface area contributed by atoms with E-state index in [9.17, 15) is 8.42 Å². The molecule has 2 aromatic rings. The fourth-order valence-corrected chi connectivity index (χ4v) is 5.02. The molecular weight excluding hydrogens is 322 g/mol. The van der Waals surface area contributed by atoms with Crippen molar-refractivity contribution >= 4 is 9.84 Å². The number of hydrogen-bond donors (Lipinski definition) is 0. The van der Waals surface area contributed by atoms with Gasteiger partial charge in [0.15, 0.2) is 15.7 Å². The molecule has 1 aromatic carbocycles. The Morgan fingerprint density at radius 1 is 1.25 bits per heavy atom. The van der Waals surface area contributed by atoms with Crippen LogP contribution in [0.2, 0.25) is 0 Å². The van der Waals surface area contributed by atoms with E-state index in [1.54, 1.807) is 0 Å². The molecule has 0 amide bonds. The lowest BCUT2D eigenvalue weighted by atomic mass is 10.0. The van der Waals surface area contributed by atoms with Crippen LogP contribution in [0.4, 0.5) is 0 Å². The van der Waals surface area contributed by atoms with Gasteiger partial charge >= 0.3 is 0 Å². The zero-order valence-electron chi connectivity index (χ0n) is 14.6. The van der Waals surface area contributed by atoms with Crippen LogP contribution in [0.1, 0.15) is 37.5 Å². The van der Waals surface area contributed by atoms with Crippen molar-refractivity contribution in [1.82, 2.24) is 14.8 Å². The van der Waals surface area contributed by atoms with E-state index in [1.807, 2.05) is 16.8 Å². The molecule has 1 unspecified atom stereocenters. The fraction of sp³-hybridized carbons (Fsp3) is 0.556. The summed E-state index contributed by atoms with van der Waals surface area (Å²) in [4.78, 5) is 4.72. The van der Waals surface area contributed by atoms with Crippen molar-refractivity contribution in [1.29, 1.82) is 0 Å². The van der Waals surface area contributed by atoms with Gasteiger partial charge in [0.25, 0.3) is 0 Å². The van der Waals surface area contributed by atoms with Crippen molar-refractivity contribution in [3.05, 3.63) is 41.5 Å². The lowest BCUT2D eigenvalue weighted by molar-refractivity contribution is 0.559. The molecule has 1 aliphatic heterocycles. The standard InChI is InChI=1S/C18H25N3O2S/c1-13(2)10-17-19-18(11-15-8-9-24(22,23)12-15)21(20-17)16-6-4-14(3)5-7-16/h4-7,13,15H,8-12H2,1-3H3. The summed E-state index contributed by atoms with van der Waals surface area (Å²) < 4.78 is 25.4. The van der Waals surface area contributed by atoms with Gasteiger partial charge in [-0.25, -0.2) is 18.1 Å². The van der Waals surface area contributed by atoms with E-state index in [0.29, 0.717) is 18.1 Å². The number of hydrogen-bond acceptors (Lipinski definition) is 4. The summed E-state index contributed by atoms with van der Waals surface area (Å²) >= 11 is 0. The molecule has 6 heteroatoms. The Labute approximate surface area is 144 Å². The predicted octanol–water partition coefficient (Wildman–Crippen LogP) is 2.75. The summed E-state index contributed by atoms with van der Waals surface area (Å²) in [6, 6.07) is 8.20. The zero-order valence-corrected chi connectivity index (χ0v) is 15.4. The van der Waals surface area contributed by atoms with Crippen molar-refractivity contribution in [2.75, 3.05) is 11.5 Å². The molecule has 0 radical (unpaired) electrons. The molecule has 0 saturated carbocycles. The van der Waals surface area contributed by atoms with Crippen molar-refractivity contribution in [2.45, 2.75) is 40.0 Å². The number of sulfone groups is 1. The molecule has 1 aromatic heterocycles. The second-order valence-corrected chi connectivity index (χ2v) is 9.49.